The fraction of sp³-hybridized carbons (Fsp3) is 0.818. The van der Waals surface area contributed by atoms with Crippen LogP contribution in [-0.4, -0.2) is 72.6 Å². The summed E-state index contributed by atoms with van der Waals surface area (Å²) in [6, 6.07) is -1.81. The van der Waals surface area contributed by atoms with E-state index < -0.39 is 28.5 Å². The van der Waals surface area contributed by atoms with Crippen molar-refractivity contribution in [3.63, 3.8) is 0 Å². The number of rotatable bonds is 4. The van der Waals surface area contributed by atoms with Gasteiger partial charge in [-0.15, -0.1) is 4.28 Å². The number of nitrogens with zero attached hydrogens (tertiary/aromatic N) is 2. The molecule has 3 rings (SSSR count). The summed E-state index contributed by atoms with van der Waals surface area (Å²) in [7, 11) is -4.75. The number of hydrogen-bond acceptors (Lipinski definition) is 6. The van der Waals surface area contributed by atoms with Crippen LogP contribution in [0.3, 0.4) is 0 Å². The number of amides is 3. The summed E-state index contributed by atoms with van der Waals surface area (Å²) in [6.45, 7) is 1.90. The number of carbonyl (C=O) groups is 2. The number of piperidine rings is 1. The first-order valence-electron chi connectivity index (χ1n) is 7.13. The molecule has 124 valence electrons. The highest BCUT2D eigenvalue weighted by molar-refractivity contribution is 7.80. The van der Waals surface area contributed by atoms with Gasteiger partial charge in [-0.05, 0) is 25.9 Å². The quantitative estimate of drug-likeness (QED) is 0.532. The van der Waals surface area contributed by atoms with E-state index in [1.807, 2.05) is 0 Å². The molecule has 0 aromatic carbocycles. The van der Waals surface area contributed by atoms with Crippen LogP contribution in [0.4, 0.5) is 4.79 Å². The Labute approximate surface area is 127 Å². The lowest BCUT2D eigenvalue weighted by atomic mass is 10.0. The summed E-state index contributed by atoms with van der Waals surface area (Å²) in [5.41, 5.74) is 0. The van der Waals surface area contributed by atoms with Gasteiger partial charge < -0.3 is 15.5 Å². The predicted octanol–water partition coefficient (Wildman–Crippen LogP) is -1.53. The van der Waals surface area contributed by atoms with Gasteiger partial charge in [0.1, 0.15) is 6.04 Å². The third-order valence-electron chi connectivity index (χ3n) is 4.21. The minimum absolute atomic E-state index is 0.0920. The zero-order valence-corrected chi connectivity index (χ0v) is 12.6. The molecule has 3 fully saturated rings. The van der Waals surface area contributed by atoms with Crippen LogP contribution in [0.2, 0.25) is 0 Å². The summed E-state index contributed by atoms with van der Waals surface area (Å²) >= 11 is 0. The van der Waals surface area contributed by atoms with Crippen LogP contribution in [0.1, 0.15) is 19.3 Å². The minimum Gasteiger partial charge on any atom is -0.351 e. The summed E-state index contributed by atoms with van der Waals surface area (Å²) in [5, 5.41) is 6.74. The molecular weight excluding hydrogens is 316 g/mol. The van der Waals surface area contributed by atoms with Crippen molar-refractivity contribution in [3.8, 4) is 0 Å². The zero-order valence-electron chi connectivity index (χ0n) is 11.8. The van der Waals surface area contributed by atoms with E-state index in [1.54, 1.807) is 0 Å². The van der Waals surface area contributed by atoms with Crippen LogP contribution < -0.4 is 10.6 Å². The molecule has 0 unspecified atom stereocenters. The van der Waals surface area contributed by atoms with Gasteiger partial charge in [0.2, 0.25) is 5.91 Å². The summed E-state index contributed by atoms with van der Waals surface area (Å²) < 4.78 is 34.4. The summed E-state index contributed by atoms with van der Waals surface area (Å²) in [5.74, 6) is -0.228. The Kier molecular flexibility index (Phi) is 3.97. The van der Waals surface area contributed by atoms with Gasteiger partial charge in [-0.25, -0.2) is 4.79 Å². The lowest BCUT2D eigenvalue weighted by Gasteiger charge is -2.31. The summed E-state index contributed by atoms with van der Waals surface area (Å²) in [4.78, 5) is 25.6. The van der Waals surface area contributed by atoms with Crippen molar-refractivity contribution in [3.05, 3.63) is 0 Å². The second kappa shape index (κ2) is 5.65. The first kappa shape index (κ1) is 15.5. The first-order valence-corrected chi connectivity index (χ1v) is 8.49. The fourth-order valence-corrected chi connectivity index (χ4v) is 3.57. The van der Waals surface area contributed by atoms with Gasteiger partial charge >= 0.3 is 16.4 Å². The smallest absolute Gasteiger partial charge is 0.351 e. The second-order valence-electron chi connectivity index (χ2n) is 5.70. The Bertz CT molecular complexity index is 575. The Morgan fingerprint density at radius 2 is 2.05 bits per heavy atom. The van der Waals surface area contributed by atoms with Crippen molar-refractivity contribution in [1.82, 2.24) is 20.6 Å². The standard InChI is InChI=1S/C11H18N4O6S/c16-10(13-7-1-3-12-4-2-7)9-5-8-6-14(9)11(17)15(8)21-22(18,19)20/h7-9,12H,1-6H2,(H,13,16)(H,18,19,20)/t8-,9-/m0/s1. The SMILES string of the molecule is O=C(NC1CCNCC1)[C@@H]1C[C@H]2CN1C(=O)N2OS(=O)(=O)O. The minimum atomic E-state index is -4.75. The van der Waals surface area contributed by atoms with Crippen LogP contribution in [0, 0.1) is 0 Å². The average molecular weight is 334 g/mol. The Hall–Kier alpha value is -1.43. The van der Waals surface area contributed by atoms with Crippen LogP contribution in [0.5, 0.6) is 0 Å². The molecule has 3 amide bonds. The van der Waals surface area contributed by atoms with Gasteiger partial charge in [0, 0.05) is 19.0 Å². The van der Waals surface area contributed by atoms with E-state index in [9.17, 15) is 18.0 Å². The molecule has 2 bridgehead atoms. The van der Waals surface area contributed by atoms with Crippen molar-refractivity contribution in [2.45, 2.75) is 37.4 Å². The van der Waals surface area contributed by atoms with Crippen molar-refractivity contribution in [2.75, 3.05) is 19.6 Å². The number of hydrogen-bond donors (Lipinski definition) is 3. The Morgan fingerprint density at radius 1 is 1.36 bits per heavy atom. The lowest BCUT2D eigenvalue weighted by Crippen LogP contribution is -2.54. The molecule has 22 heavy (non-hydrogen) atoms. The van der Waals surface area contributed by atoms with E-state index in [2.05, 4.69) is 14.9 Å². The third kappa shape index (κ3) is 3.02. The molecular formula is C11H18N4O6S. The molecule has 3 aliphatic rings. The molecule has 3 N–H and O–H groups in total. The maximum absolute atomic E-state index is 12.3. The Morgan fingerprint density at radius 3 is 2.64 bits per heavy atom. The largest absolute Gasteiger partial charge is 0.418 e. The lowest BCUT2D eigenvalue weighted by molar-refractivity contribution is -0.127. The molecule has 0 radical (unpaired) electrons. The van der Waals surface area contributed by atoms with Gasteiger partial charge in [-0.1, -0.05) is 0 Å². The van der Waals surface area contributed by atoms with Crippen LogP contribution in [0.15, 0.2) is 0 Å². The van der Waals surface area contributed by atoms with Gasteiger partial charge in [0.05, 0.1) is 6.04 Å². The molecule has 10 nitrogen and oxygen atoms in total. The third-order valence-corrected chi connectivity index (χ3v) is 4.56. The topological polar surface area (TPSA) is 128 Å². The van der Waals surface area contributed by atoms with Crippen molar-refractivity contribution < 1.29 is 26.8 Å². The van der Waals surface area contributed by atoms with Gasteiger partial charge in [-0.2, -0.15) is 13.5 Å². The molecule has 2 atom stereocenters. The van der Waals surface area contributed by atoms with E-state index in [0.717, 1.165) is 25.9 Å². The van der Waals surface area contributed by atoms with Crippen LogP contribution in [-0.2, 0) is 19.5 Å². The maximum atomic E-state index is 12.3. The molecule has 3 heterocycles. The first-order chi connectivity index (χ1) is 10.3. The molecule has 0 aliphatic carbocycles. The molecule has 0 saturated carbocycles. The van der Waals surface area contributed by atoms with E-state index >= 15 is 0 Å². The average Bonchev–Trinajstić information content (AvgIpc) is 2.99. The number of fused-ring (bicyclic) bond motifs is 2. The normalized spacial score (nSPS) is 29.2. The second-order valence-corrected chi connectivity index (χ2v) is 6.71. The summed E-state index contributed by atoms with van der Waals surface area (Å²) in [6.07, 6.45) is 1.96. The fourth-order valence-electron chi connectivity index (χ4n) is 3.18. The van der Waals surface area contributed by atoms with E-state index in [1.165, 1.54) is 4.90 Å². The van der Waals surface area contributed by atoms with E-state index in [0.29, 0.717) is 5.06 Å². The molecule has 3 aliphatic heterocycles. The van der Waals surface area contributed by atoms with Crippen molar-refractivity contribution >= 4 is 22.3 Å². The molecule has 0 spiro atoms. The van der Waals surface area contributed by atoms with E-state index in [4.69, 9.17) is 4.55 Å². The molecule has 0 aromatic heterocycles. The number of urea groups is 1. The number of carbonyl (C=O) groups excluding carboxylic acids is 2. The van der Waals surface area contributed by atoms with Crippen LogP contribution in [0.25, 0.3) is 0 Å². The molecule has 11 heteroatoms. The van der Waals surface area contributed by atoms with Gasteiger partial charge in [0.25, 0.3) is 0 Å². The van der Waals surface area contributed by atoms with E-state index in [-0.39, 0.29) is 24.9 Å². The maximum Gasteiger partial charge on any atom is 0.418 e. The van der Waals surface area contributed by atoms with Gasteiger partial charge in [-0.3, -0.25) is 9.35 Å². The Balaban J connectivity index is 1.60. The van der Waals surface area contributed by atoms with Crippen molar-refractivity contribution in [1.29, 1.82) is 0 Å². The zero-order chi connectivity index (χ0) is 15.9. The highest BCUT2D eigenvalue weighted by Gasteiger charge is 2.53. The van der Waals surface area contributed by atoms with Crippen LogP contribution >= 0.6 is 0 Å². The highest BCUT2D eigenvalue weighted by atomic mass is 32.3. The monoisotopic (exact) mass is 334 g/mol. The molecule has 3 saturated heterocycles. The van der Waals surface area contributed by atoms with Gasteiger partial charge in [0.15, 0.2) is 0 Å². The number of nitrogens with one attached hydrogen (secondary N) is 2. The highest BCUT2D eigenvalue weighted by Crippen LogP contribution is 2.32. The predicted molar refractivity (Wildman–Crippen MR) is 72.8 cm³/mol. The number of hydroxylamine groups is 2. The molecule has 0 aromatic rings. The van der Waals surface area contributed by atoms with Crippen molar-refractivity contribution in [2.24, 2.45) is 0 Å².